The van der Waals surface area contributed by atoms with Gasteiger partial charge in [0.2, 0.25) is 0 Å². The van der Waals surface area contributed by atoms with E-state index in [0.717, 1.165) is 31.8 Å². The predicted octanol–water partition coefficient (Wildman–Crippen LogP) is 4.87. The topological polar surface area (TPSA) is 82.8 Å². The highest BCUT2D eigenvalue weighted by Crippen LogP contribution is 2.32. The number of amides is 1. The van der Waals surface area contributed by atoms with E-state index in [1.165, 1.54) is 22.3 Å². The molecule has 1 saturated heterocycles. The van der Waals surface area contributed by atoms with Crippen LogP contribution in [0.2, 0.25) is 0 Å². The highest BCUT2D eigenvalue weighted by molar-refractivity contribution is 5.95. The quantitative estimate of drug-likeness (QED) is 0.352. The monoisotopic (exact) mass is 537 g/mol. The number of carbonyl (C=O) groups is 1. The first-order chi connectivity index (χ1) is 18.6. The molecule has 2 N–H and O–H groups in total. The number of hydrogen-bond acceptors (Lipinski definition) is 5. The van der Waals surface area contributed by atoms with Crippen LogP contribution in [0.25, 0.3) is 16.9 Å². The van der Waals surface area contributed by atoms with Crippen molar-refractivity contribution in [1.82, 2.24) is 24.8 Å². The van der Waals surface area contributed by atoms with Gasteiger partial charge in [0.1, 0.15) is 0 Å². The maximum absolute atomic E-state index is 13.1. The van der Waals surface area contributed by atoms with Crippen LogP contribution >= 0.6 is 0 Å². The molecule has 0 saturated carbocycles. The Labute approximate surface area is 224 Å². The van der Waals surface area contributed by atoms with Crippen molar-refractivity contribution in [2.75, 3.05) is 19.6 Å². The van der Waals surface area contributed by atoms with Crippen LogP contribution in [0, 0.1) is 6.92 Å². The summed E-state index contributed by atoms with van der Waals surface area (Å²) >= 11 is 0. The van der Waals surface area contributed by atoms with Crippen molar-refractivity contribution < 1.29 is 23.1 Å². The van der Waals surface area contributed by atoms with Crippen molar-refractivity contribution in [2.24, 2.45) is 0 Å². The second kappa shape index (κ2) is 10.8. The summed E-state index contributed by atoms with van der Waals surface area (Å²) in [5.41, 5.74) is 1.54. The third-order valence-electron chi connectivity index (χ3n) is 7.37. The number of likely N-dealkylation sites (tertiary alicyclic amines) is 1. The van der Waals surface area contributed by atoms with E-state index in [4.69, 9.17) is 0 Å². The average molecular weight is 538 g/mol. The Morgan fingerprint density at radius 2 is 1.82 bits per heavy atom. The first-order valence-corrected chi connectivity index (χ1v) is 12.9. The van der Waals surface area contributed by atoms with E-state index in [1.807, 2.05) is 18.2 Å². The largest absolute Gasteiger partial charge is 0.416 e. The van der Waals surface area contributed by atoms with Gasteiger partial charge in [0, 0.05) is 44.0 Å². The van der Waals surface area contributed by atoms with Crippen LogP contribution in [-0.2, 0) is 12.7 Å². The van der Waals surface area contributed by atoms with Gasteiger partial charge in [0.05, 0.1) is 28.1 Å². The van der Waals surface area contributed by atoms with Crippen molar-refractivity contribution in [3.63, 3.8) is 0 Å². The molecule has 0 spiro atoms. The van der Waals surface area contributed by atoms with Gasteiger partial charge in [-0.25, -0.2) is 9.50 Å². The molecule has 0 atom stereocenters. The standard InChI is InChI=1S/C29H30F3N5O2/c1-20-24(18-34-26-17-25(35-37(20)26)22-8-5-9-23(16-22)29(30,31)32)27(38)33-13-10-28(39)11-14-36(15-12-28)19-21-6-3-2-4-7-21/h2-9,16-18,39H,10-15,19H2,1H3,(H,33,38). The van der Waals surface area contributed by atoms with Gasteiger partial charge in [-0.3, -0.25) is 9.69 Å². The van der Waals surface area contributed by atoms with E-state index in [-0.39, 0.29) is 5.91 Å². The molecule has 1 amide bonds. The van der Waals surface area contributed by atoms with Crippen LogP contribution in [0.15, 0.2) is 66.9 Å². The molecule has 1 aliphatic heterocycles. The van der Waals surface area contributed by atoms with Gasteiger partial charge in [0.25, 0.3) is 5.91 Å². The Balaban J connectivity index is 1.20. The lowest BCUT2D eigenvalue weighted by Gasteiger charge is -2.38. The van der Waals surface area contributed by atoms with Gasteiger partial charge >= 0.3 is 6.18 Å². The van der Waals surface area contributed by atoms with E-state index in [1.54, 1.807) is 19.1 Å². The van der Waals surface area contributed by atoms with Crippen LogP contribution in [0.1, 0.15) is 46.4 Å². The van der Waals surface area contributed by atoms with Crippen LogP contribution in [0.3, 0.4) is 0 Å². The normalized spacial score (nSPS) is 15.9. The Bertz CT molecular complexity index is 1460. The number of aromatic nitrogens is 3. The molecule has 3 heterocycles. The Kier molecular flexibility index (Phi) is 7.42. The number of nitrogens with one attached hydrogen (secondary N) is 1. The Hall–Kier alpha value is -3.76. The molecule has 0 aliphatic carbocycles. The molecule has 0 unspecified atom stereocenters. The minimum atomic E-state index is -4.46. The molecule has 7 nitrogen and oxygen atoms in total. The number of fused-ring (bicyclic) bond motifs is 1. The van der Waals surface area contributed by atoms with E-state index >= 15 is 0 Å². The van der Waals surface area contributed by atoms with E-state index in [9.17, 15) is 23.1 Å². The van der Waals surface area contributed by atoms with E-state index in [2.05, 4.69) is 32.4 Å². The summed E-state index contributed by atoms with van der Waals surface area (Å²) in [6, 6.07) is 16.8. The fraction of sp³-hybridized carbons (Fsp3) is 0.345. The lowest BCUT2D eigenvalue weighted by molar-refractivity contribution is -0.137. The van der Waals surface area contributed by atoms with E-state index < -0.39 is 17.3 Å². The highest BCUT2D eigenvalue weighted by Gasteiger charge is 2.32. The SMILES string of the molecule is Cc1c(C(=O)NCCC2(O)CCN(Cc3ccccc3)CC2)cnc2cc(-c3cccc(C(F)(F)F)c3)nn12. The summed E-state index contributed by atoms with van der Waals surface area (Å²) < 4.78 is 40.9. The molecule has 2 aromatic heterocycles. The van der Waals surface area contributed by atoms with Crippen molar-refractivity contribution in [3.8, 4) is 11.3 Å². The molecule has 39 heavy (non-hydrogen) atoms. The summed E-state index contributed by atoms with van der Waals surface area (Å²) in [6.45, 7) is 4.44. The minimum Gasteiger partial charge on any atom is -0.390 e. The van der Waals surface area contributed by atoms with Crippen molar-refractivity contribution in [2.45, 2.75) is 44.5 Å². The zero-order valence-corrected chi connectivity index (χ0v) is 21.6. The van der Waals surface area contributed by atoms with Gasteiger partial charge in [-0.2, -0.15) is 18.3 Å². The van der Waals surface area contributed by atoms with Gasteiger partial charge in [-0.05, 0) is 43.9 Å². The molecule has 10 heteroatoms. The van der Waals surface area contributed by atoms with Crippen LogP contribution in [0.4, 0.5) is 13.2 Å². The molecule has 1 aliphatic rings. The second-order valence-electron chi connectivity index (χ2n) is 10.1. The number of nitrogens with zero attached hydrogens (tertiary/aromatic N) is 4. The zero-order chi connectivity index (χ0) is 27.6. The third kappa shape index (κ3) is 6.12. The summed E-state index contributed by atoms with van der Waals surface area (Å²) in [5, 5.41) is 18.3. The molecule has 2 aromatic carbocycles. The number of aliphatic hydroxyl groups is 1. The van der Waals surface area contributed by atoms with Gasteiger partial charge in [-0.15, -0.1) is 0 Å². The fourth-order valence-electron chi connectivity index (χ4n) is 4.99. The lowest BCUT2D eigenvalue weighted by atomic mass is 9.88. The number of rotatable bonds is 7. The number of halogens is 3. The molecule has 0 bridgehead atoms. The van der Waals surface area contributed by atoms with Crippen molar-refractivity contribution in [3.05, 3.63) is 89.2 Å². The molecular formula is C29H30F3N5O2. The summed E-state index contributed by atoms with van der Waals surface area (Å²) in [4.78, 5) is 19.6. The van der Waals surface area contributed by atoms with Crippen molar-refractivity contribution >= 4 is 11.6 Å². The lowest BCUT2D eigenvalue weighted by Crippen LogP contribution is -2.45. The smallest absolute Gasteiger partial charge is 0.390 e. The van der Waals surface area contributed by atoms with Crippen LogP contribution in [0.5, 0.6) is 0 Å². The molecule has 0 radical (unpaired) electrons. The van der Waals surface area contributed by atoms with Gasteiger partial charge in [-0.1, -0.05) is 42.5 Å². The third-order valence-corrected chi connectivity index (χ3v) is 7.37. The number of piperidine rings is 1. The van der Waals surface area contributed by atoms with Gasteiger partial charge < -0.3 is 10.4 Å². The summed E-state index contributed by atoms with van der Waals surface area (Å²) in [5.74, 6) is -0.344. The first kappa shape index (κ1) is 26.8. The number of alkyl halides is 3. The summed E-state index contributed by atoms with van der Waals surface area (Å²) in [6.07, 6.45) is -1.31. The molecule has 4 aromatic rings. The molecule has 1 fully saturated rings. The highest BCUT2D eigenvalue weighted by atomic mass is 19.4. The Morgan fingerprint density at radius 3 is 2.54 bits per heavy atom. The van der Waals surface area contributed by atoms with Crippen LogP contribution in [-0.4, -0.2) is 55.7 Å². The van der Waals surface area contributed by atoms with E-state index in [0.29, 0.717) is 54.0 Å². The first-order valence-electron chi connectivity index (χ1n) is 12.9. The maximum Gasteiger partial charge on any atom is 0.416 e. The minimum absolute atomic E-state index is 0.306. The summed E-state index contributed by atoms with van der Waals surface area (Å²) in [7, 11) is 0. The average Bonchev–Trinajstić information content (AvgIpc) is 3.36. The molecule has 5 rings (SSSR count). The Morgan fingerprint density at radius 1 is 1.08 bits per heavy atom. The zero-order valence-electron chi connectivity index (χ0n) is 21.6. The van der Waals surface area contributed by atoms with Gasteiger partial charge in [0.15, 0.2) is 5.65 Å². The second-order valence-corrected chi connectivity index (χ2v) is 10.1. The number of benzene rings is 2. The number of aryl methyl sites for hydroxylation is 1. The predicted molar refractivity (Wildman–Crippen MR) is 141 cm³/mol. The van der Waals surface area contributed by atoms with Crippen molar-refractivity contribution in [1.29, 1.82) is 0 Å². The fourth-order valence-corrected chi connectivity index (χ4v) is 4.99. The number of carbonyl (C=O) groups excluding carboxylic acids is 1. The number of hydrogen-bond donors (Lipinski definition) is 2. The molecular weight excluding hydrogens is 507 g/mol. The van der Waals surface area contributed by atoms with Crippen LogP contribution < -0.4 is 5.32 Å². The maximum atomic E-state index is 13.1. The molecule has 204 valence electrons.